The van der Waals surface area contributed by atoms with Gasteiger partial charge in [0.05, 0.1) is 5.75 Å². The minimum atomic E-state index is 0.743. The van der Waals surface area contributed by atoms with Crippen molar-refractivity contribution in [2.75, 3.05) is 12.3 Å². The van der Waals surface area contributed by atoms with Crippen LogP contribution in [0.3, 0.4) is 0 Å². The van der Waals surface area contributed by atoms with Crippen LogP contribution >= 0.6 is 11.8 Å². The summed E-state index contributed by atoms with van der Waals surface area (Å²) in [6, 6.07) is 8.57. The van der Waals surface area contributed by atoms with Gasteiger partial charge in [-0.2, -0.15) is 0 Å². The van der Waals surface area contributed by atoms with E-state index in [1.54, 1.807) is 11.8 Å². The third-order valence-corrected chi connectivity index (χ3v) is 2.92. The Kier molecular flexibility index (Phi) is 5.99. The van der Waals surface area contributed by atoms with E-state index in [1.165, 1.54) is 16.9 Å². The lowest BCUT2D eigenvalue weighted by molar-refractivity contribution is 0.675. The molecule has 0 heterocycles. The fraction of sp³-hybridized carbons (Fsp3) is 0.385. The van der Waals surface area contributed by atoms with Gasteiger partial charge in [0.2, 0.25) is 0 Å². The van der Waals surface area contributed by atoms with E-state index in [1.807, 2.05) is 0 Å². The molecule has 1 N–H and O–H groups in total. The summed E-state index contributed by atoms with van der Waals surface area (Å²) in [4.78, 5) is 1.24. The molecule has 1 nitrogen and oxygen atoms in total. The number of rotatable bonds is 6. The Morgan fingerprint density at radius 3 is 2.67 bits per heavy atom. The van der Waals surface area contributed by atoms with Crippen molar-refractivity contribution in [1.82, 2.24) is 5.32 Å². The summed E-state index contributed by atoms with van der Waals surface area (Å²) in [6.45, 7) is 4.20. The van der Waals surface area contributed by atoms with Crippen LogP contribution in [0, 0.1) is 12.3 Å². The fourth-order valence-corrected chi connectivity index (χ4v) is 1.82. The zero-order valence-electron chi connectivity index (χ0n) is 9.12. The third kappa shape index (κ3) is 4.92. The second-order valence-electron chi connectivity index (χ2n) is 3.31. The van der Waals surface area contributed by atoms with Crippen LogP contribution in [0.4, 0.5) is 0 Å². The Hall–Kier alpha value is -0.910. The SMILES string of the molecule is C#CCSc1ccc(CNCCC)cc1. The molecule has 0 atom stereocenters. The molecule has 0 aliphatic carbocycles. The first-order valence-corrected chi connectivity index (χ1v) is 6.21. The summed E-state index contributed by atoms with van der Waals surface area (Å²) in [5.41, 5.74) is 1.33. The summed E-state index contributed by atoms with van der Waals surface area (Å²) in [7, 11) is 0. The third-order valence-electron chi connectivity index (χ3n) is 2.00. The Bertz CT molecular complexity index is 310. The quantitative estimate of drug-likeness (QED) is 0.448. The van der Waals surface area contributed by atoms with Gasteiger partial charge in [0.1, 0.15) is 0 Å². The van der Waals surface area contributed by atoms with E-state index in [2.05, 4.69) is 42.4 Å². The lowest BCUT2D eigenvalue weighted by Gasteiger charge is -2.04. The van der Waals surface area contributed by atoms with Crippen molar-refractivity contribution >= 4 is 11.8 Å². The van der Waals surface area contributed by atoms with Crippen molar-refractivity contribution in [1.29, 1.82) is 0 Å². The Labute approximate surface area is 96.7 Å². The monoisotopic (exact) mass is 219 g/mol. The van der Waals surface area contributed by atoms with E-state index in [0.717, 1.165) is 18.8 Å². The van der Waals surface area contributed by atoms with Gasteiger partial charge >= 0.3 is 0 Å². The summed E-state index contributed by atoms with van der Waals surface area (Å²) < 4.78 is 0. The molecule has 2 heteroatoms. The summed E-state index contributed by atoms with van der Waals surface area (Å²) in [5.74, 6) is 3.37. The largest absolute Gasteiger partial charge is 0.313 e. The normalized spacial score (nSPS) is 9.87. The highest BCUT2D eigenvalue weighted by Crippen LogP contribution is 2.17. The van der Waals surface area contributed by atoms with Crippen LogP contribution in [-0.4, -0.2) is 12.3 Å². The molecule has 0 fully saturated rings. The maximum absolute atomic E-state index is 5.21. The molecule has 0 bridgehead atoms. The first-order valence-electron chi connectivity index (χ1n) is 5.22. The molecule has 1 aromatic carbocycles. The molecule has 0 saturated carbocycles. The highest BCUT2D eigenvalue weighted by Gasteiger charge is 1.94. The van der Waals surface area contributed by atoms with Gasteiger partial charge in [-0.1, -0.05) is 25.0 Å². The van der Waals surface area contributed by atoms with Crippen molar-refractivity contribution in [3.05, 3.63) is 29.8 Å². The van der Waals surface area contributed by atoms with Crippen LogP contribution in [0.25, 0.3) is 0 Å². The topological polar surface area (TPSA) is 12.0 Å². The van der Waals surface area contributed by atoms with Gasteiger partial charge in [0.25, 0.3) is 0 Å². The fourth-order valence-electron chi connectivity index (χ4n) is 1.24. The Balaban J connectivity index is 2.39. The van der Waals surface area contributed by atoms with Crippen molar-refractivity contribution in [2.45, 2.75) is 24.8 Å². The molecular formula is C13H17NS. The highest BCUT2D eigenvalue weighted by atomic mass is 32.2. The molecule has 0 spiro atoms. The average molecular weight is 219 g/mol. The van der Waals surface area contributed by atoms with Gasteiger partial charge in [0.15, 0.2) is 0 Å². The lowest BCUT2D eigenvalue weighted by atomic mass is 10.2. The van der Waals surface area contributed by atoms with E-state index < -0.39 is 0 Å². The smallest absolute Gasteiger partial charge is 0.0592 e. The van der Waals surface area contributed by atoms with Crippen LogP contribution in [0.2, 0.25) is 0 Å². The molecule has 0 aromatic heterocycles. The second kappa shape index (κ2) is 7.39. The summed E-state index contributed by atoms with van der Waals surface area (Å²) in [5, 5.41) is 3.37. The molecule has 15 heavy (non-hydrogen) atoms. The number of hydrogen-bond donors (Lipinski definition) is 1. The zero-order chi connectivity index (χ0) is 10.9. The predicted molar refractivity (Wildman–Crippen MR) is 68.0 cm³/mol. The second-order valence-corrected chi connectivity index (χ2v) is 4.36. The molecule has 1 rings (SSSR count). The number of terminal acetylenes is 1. The van der Waals surface area contributed by atoms with Crippen LogP contribution in [0.1, 0.15) is 18.9 Å². The molecule has 0 radical (unpaired) electrons. The molecule has 0 aliphatic heterocycles. The van der Waals surface area contributed by atoms with Gasteiger partial charge in [-0.25, -0.2) is 0 Å². The van der Waals surface area contributed by atoms with Crippen LogP contribution in [0.5, 0.6) is 0 Å². The molecule has 80 valence electrons. The van der Waals surface area contributed by atoms with Gasteiger partial charge in [0, 0.05) is 11.4 Å². The molecular weight excluding hydrogens is 202 g/mol. The van der Waals surface area contributed by atoms with Gasteiger partial charge < -0.3 is 5.32 Å². The van der Waals surface area contributed by atoms with Crippen molar-refractivity contribution in [2.24, 2.45) is 0 Å². The first-order chi connectivity index (χ1) is 7.36. The highest BCUT2D eigenvalue weighted by molar-refractivity contribution is 7.99. The Morgan fingerprint density at radius 2 is 2.07 bits per heavy atom. The molecule has 0 aliphatic rings. The van der Waals surface area contributed by atoms with Gasteiger partial charge in [-0.3, -0.25) is 0 Å². The average Bonchev–Trinajstić information content (AvgIpc) is 2.28. The van der Waals surface area contributed by atoms with E-state index in [-0.39, 0.29) is 0 Å². The minimum absolute atomic E-state index is 0.743. The molecule has 1 aromatic rings. The maximum Gasteiger partial charge on any atom is 0.0592 e. The number of nitrogens with one attached hydrogen (secondary N) is 1. The van der Waals surface area contributed by atoms with E-state index in [0.29, 0.717) is 0 Å². The Morgan fingerprint density at radius 1 is 1.33 bits per heavy atom. The van der Waals surface area contributed by atoms with E-state index >= 15 is 0 Å². The van der Waals surface area contributed by atoms with Crippen LogP contribution in [0.15, 0.2) is 29.2 Å². The molecule has 0 saturated heterocycles. The number of benzene rings is 1. The maximum atomic E-state index is 5.21. The van der Waals surface area contributed by atoms with Crippen LogP contribution < -0.4 is 5.32 Å². The first kappa shape index (κ1) is 12.2. The van der Waals surface area contributed by atoms with Crippen molar-refractivity contribution < 1.29 is 0 Å². The predicted octanol–water partition coefficient (Wildman–Crippen LogP) is 2.91. The molecule has 0 unspecified atom stereocenters. The van der Waals surface area contributed by atoms with Gasteiger partial charge in [-0.15, -0.1) is 18.2 Å². The standard InChI is InChI=1S/C13H17NS/c1-3-9-14-11-12-5-7-13(8-6-12)15-10-4-2/h2,5-8,14H,3,9-11H2,1H3. The molecule has 0 amide bonds. The van der Waals surface area contributed by atoms with Crippen molar-refractivity contribution in [3.8, 4) is 12.3 Å². The van der Waals surface area contributed by atoms with Crippen molar-refractivity contribution in [3.63, 3.8) is 0 Å². The van der Waals surface area contributed by atoms with Crippen LogP contribution in [-0.2, 0) is 6.54 Å². The summed E-state index contributed by atoms with van der Waals surface area (Å²) >= 11 is 1.70. The van der Waals surface area contributed by atoms with E-state index in [9.17, 15) is 0 Å². The lowest BCUT2D eigenvalue weighted by Crippen LogP contribution is -2.13. The number of thioether (sulfide) groups is 1. The van der Waals surface area contributed by atoms with Gasteiger partial charge in [-0.05, 0) is 30.7 Å². The summed E-state index contributed by atoms with van der Waals surface area (Å²) in [6.07, 6.45) is 6.38. The zero-order valence-corrected chi connectivity index (χ0v) is 9.94. The number of hydrogen-bond acceptors (Lipinski definition) is 2. The minimum Gasteiger partial charge on any atom is -0.313 e. The van der Waals surface area contributed by atoms with E-state index in [4.69, 9.17) is 6.42 Å².